The van der Waals surface area contributed by atoms with Crippen LogP contribution in [0.15, 0.2) is 33.3 Å². The Bertz CT molecular complexity index is 669. The van der Waals surface area contributed by atoms with Crippen molar-refractivity contribution in [3.8, 4) is 0 Å². The summed E-state index contributed by atoms with van der Waals surface area (Å²) >= 11 is 3.50. The quantitative estimate of drug-likeness (QED) is 0.895. The van der Waals surface area contributed by atoms with Gasteiger partial charge >= 0.3 is 0 Å². The molecule has 0 saturated heterocycles. The van der Waals surface area contributed by atoms with Gasteiger partial charge in [-0.25, -0.2) is 0 Å². The lowest BCUT2D eigenvalue weighted by Crippen LogP contribution is -2.37. The SMILES string of the molecule is NC1(c2noc(C3(c4ccc(Br)cc4)CCC3)n2)CCCC1. The van der Waals surface area contributed by atoms with Gasteiger partial charge in [0, 0.05) is 4.47 Å². The van der Waals surface area contributed by atoms with E-state index in [0.717, 1.165) is 48.9 Å². The first-order valence-corrected chi connectivity index (χ1v) is 8.81. The Balaban J connectivity index is 1.70. The van der Waals surface area contributed by atoms with Gasteiger partial charge in [-0.1, -0.05) is 52.5 Å². The molecule has 4 rings (SSSR count). The Morgan fingerprint density at radius 2 is 1.68 bits per heavy atom. The minimum Gasteiger partial charge on any atom is -0.338 e. The number of halogens is 1. The molecule has 2 aliphatic carbocycles. The summed E-state index contributed by atoms with van der Waals surface area (Å²) in [4.78, 5) is 4.74. The molecule has 2 aliphatic rings. The predicted octanol–water partition coefficient (Wildman–Crippen LogP) is 4.03. The number of hydrogen-bond donors (Lipinski definition) is 1. The monoisotopic (exact) mass is 361 g/mol. The molecule has 1 aromatic carbocycles. The Kier molecular flexibility index (Phi) is 3.38. The molecular weight excluding hydrogens is 342 g/mol. The summed E-state index contributed by atoms with van der Waals surface area (Å²) in [6, 6.07) is 8.46. The zero-order valence-corrected chi connectivity index (χ0v) is 14.1. The maximum Gasteiger partial charge on any atom is 0.237 e. The predicted molar refractivity (Wildman–Crippen MR) is 87.4 cm³/mol. The summed E-state index contributed by atoms with van der Waals surface area (Å²) in [7, 11) is 0. The Morgan fingerprint density at radius 1 is 1.00 bits per heavy atom. The lowest BCUT2D eigenvalue weighted by Gasteiger charge is -2.39. The second kappa shape index (κ2) is 5.17. The summed E-state index contributed by atoms with van der Waals surface area (Å²) in [6.45, 7) is 0. The van der Waals surface area contributed by atoms with E-state index < -0.39 is 0 Å². The van der Waals surface area contributed by atoms with E-state index in [0.29, 0.717) is 5.82 Å². The van der Waals surface area contributed by atoms with Gasteiger partial charge in [0.25, 0.3) is 0 Å². The zero-order valence-electron chi connectivity index (χ0n) is 12.5. The van der Waals surface area contributed by atoms with Crippen molar-refractivity contribution in [2.75, 3.05) is 0 Å². The molecule has 5 heteroatoms. The van der Waals surface area contributed by atoms with E-state index in [1.54, 1.807) is 0 Å². The molecule has 0 aliphatic heterocycles. The largest absolute Gasteiger partial charge is 0.338 e. The van der Waals surface area contributed by atoms with Crippen LogP contribution in [0.3, 0.4) is 0 Å². The molecule has 0 unspecified atom stereocenters. The average molecular weight is 362 g/mol. The Morgan fingerprint density at radius 3 is 2.27 bits per heavy atom. The van der Waals surface area contributed by atoms with Gasteiger partial charge in [-0.15, -0.1) is 0 Å². The molecule has 4 nitrogen and oxygen atoms in total. The van der Waals surface area contributed by atoms with E-state index in [-0.39, 0.29) is 11.0 Å². The highest BCUT2D eigenvalue weighted by atomic mass is 79.9. The fraction of sp³-hybridized carbons (Fsp3) is 0.529. The van der Waals surface area contributed by atoms with Crippen LogP contribution in [0.4, 0.5) is 0 Å². The highest BCUT2D eigenvalue weighted by molar-refractivity contribution is 9.10. The van der Waals surface area contributed by atoms with Crippen LogP contribution in [0.1, 0.15) is 62.2 Å². The standard InChI is InChI=1S/C17H20BrN3O/c18-13-6-4-12(5-7-13)16(8-3-9-16)15-20-14(21-22-15)17(19)10-1-2-11-17/h4-7H,1-3,8-11,19H2. The lowest BCUT2D eigenvalue weighted by atomic mass is 9.64. The molecular formula is C17H20BrN3O. The molecule has 0 amide bonds. The fourth-order valence-electron chi connectivity index (χ4n) is 3.77. The van der Waals surface area contributed by atoms with Crippen molar-refractivity contribution in [2.45, 2.75) is 55.9 Å². The van der Waals surface area contributed by atoms with E-state index >= 15 is 0 Å². The number of benzene rings is 1. The smallest absolute Gasteiger partial charge is 0.237 e. The fourth-order valence-corrected chi connectivity index (χ4v) is 4.04. The number of hydrogen-bond acceptors (Lipinski definition) is 4. The number of aromatic nitrogens is 2. The summed E-state index contributed by atoms with van der Waals surface area (Å²) in [5.41, 5.74) is 7.23. The molecule has 0 spiro atoms. The van der Waals surface area contributed by atoms with Crippen molar-refractivity contribution in [1.82, 2.24) is 10.1 Å². The van der Waals surface area contributed by atoms with Gasteiger partial charge in [0.05, 0.1) is 11.0 Å². The first kappa shape index (κ1) is 14.4. The molecule has 2 saturated carbocycles. The molecule has 116 valence electrons. The maximum atomic E-state index is 6.46. The molecule has 2 N–H and O–H groups in total. The topological polar surface area (TPSA) is 64.9 Å². The third kappa shape index (κ3) is 2.14. The summed E-state index contributed by atoms with van der Waals surface area (Å²) < 4.78 is 6.77. The zero-order chi connectivity index (χ0) is 15.2. The molecule has 2 aromatic rings. The van der Waals surface area contributed by atoms with Gasteiger partial charge in [0.1, 0.15) is 0 Å². The summed E-state index contributed by atoms with van der Waals surface area (Å²) in [6.07, 6.45) is 7.54. The average Bonchev–Trinajstić information content (AvgIpc) is 3.10. The normalized spacial score (nSPS) is 22.5. The van der Waals surface area contributed by atoms with Crippen LogP contribution >= 0.6 is 15.9 Å². The molecule has 0 radical (unpaired) electrons. The van der Waals surface area contributed by atoms with Crippen LogP contribution in [0, 0.1) is 0 Å². The first-order chi connectivity index (χ1) is 10.6. The van der Waals surface area contributed by atoms with Gasteiger partial charge < -0.3 is 10.3 Å². The summed E-state index contributed by atoms with van der Waals surface area (Å²) in [5.74, 6) is 1.44. The third-order valence-electron chi connectivity index (χ3n) is 5.38. The Hall–Kier alpha value is -1.20. The van der Waals surface area contributed by atoms with Crippen LogP contribution in [-0.4, -0.2) is 10.1 Å². The van der Waals surface area contributed by atoms with Gasteiger partial charge in [-0.2, -0.15) is 4.98 Å². The molecule has 22 heavy (non-hydrogen) atoms. The minimum absolute atomic E-state index is 0.110. The van der Waals surface area contributed by atoms with Gasteiger partial charge in [-0.05, 0) is 43.4 Å². The first-order valence-electron chi connectivity index (χ1n) is 8.02. The number of rotatable bonds is 3. The lowest BCUT2D eigenvalue weighted by molar-refractivity contribution is 0.215. The van der Waals surface area contributed by atoms with Crippen molar-refractivity contribution >= 4 is 15.9 Å². The highest BCUT2D eigenvalue weighted by Crippen LogP contribution is 2.49. The minimum atomic E-state index is -0.383. The van der Waals surface area contributed by atoms with E-state index in [1.165, 1.54) is 12.0 Å². The van der Waals surface area contributed by atoms with Crippen LogP contribution in [0.25, 0.3) is 0 Å². The van der Waals surface area contributed by atoms with Gasteiger partial charge in [0.2, 0.25) is 5.89 Å². The van der Waals surface area contributed by atoms with Crippen LogP contribution < -0.4 is 5.73 Å². The molecule has 1 aromatic heterocycles. The number of nitrogens with two attached hydrogens (primary N) is 1. The Labute approximate surface area is 138 Å². The highest BCUT2D eigenvalue weighted by Gasteiger charge is 2.46. The number of nitrogens with zero attached hydrogens (tertiary/aromatic N) is 2. The summed E-state index contributed by atoms with van der Waals surface area (Å²) in [5, 5.41) is 4.24. The second-order valence-corrected chi connectivity index (χ2v) is 7.64. The van der Waals surface area contributed by atoms with Crippen molar-refractivity contribution in [1.29, 1.82) is 0 Å². The molecule has 2 fully saturated rings. The van der Waals surface area contributed by atoms with E-state index in [1.807, 2.05) is 0 Å². The van der Waals surface area contributed by atoms with Crippen molar-refractivity contribution < 1.29 is 4.52 Å². The second-order valence-electron chi connectivity index (χ2n) is 6.73. The molecule has 0 bridgehead atoms. The third-order valence-corrected chi connectivity index (χ3v) is 5.91. The molecule has 0 atom stereocenters. The van der Waals surface area contributed by atoms with Crippen molar-refractivity contribution in [2.24, 2.45) is 5.73 Å². The maximum absolute atomic E-state index is 6.46. The van der Waals surface area contributed by atoms with Crippen LogP contribution in [-0.2, 0) is 11.0 Å². The van der Waals surface area contributed by atoms with Crippen molar-refractivity contribution in [3.05, 3.63) is 46.0 Å². The van der Waals surface area contributed by atoms with Gasteiger partial charge in [0.15, 0.2) is 5.82 Å². The van der Waals surface area contributed by atoms with Crippen LogP contribution in [0.5, 0.6) is 0 Å². The van der Waals surface area contributed by atoms with E-state index in [2.05, 4.69) is 45.4 Å². The van der Waals surface area contributed by atoms with Crippen molar-refractivity contribution in [3.63, 3.8) is 0 Å². The van der Waals surface area contributed by atoms with Crippen LogP contribution in [0.2, 0.25) is 0 Å². The van der Waals surface area contributed by atoms with E-state index in [4.69, 9.17) is 15.2 Å². The molecule has 1 heterocycles. The van der Waals surface area contributed by atoms with Gasteiger partial charge in [-0.3, -0.25) is 0 Å². The van der Waals surface area contributed by atoms with E-state index in [9.17, 15) is 0 Å².